The zero-order chi connectivity index (χ0) is 23.0. The van der Waals surface area contributed by atoms with Crippen LogP contribution < -0.4 is 0 Å². The maximum atomic E-state index is 13.1. The van der Waals surface area contributed by atoms with Crippen LogP contribution in [0.15, 0.2) is 35.5 Å². The molecule has 0 radical (unpaired) electrons. The van der Waals surface area contributed by atoms with Crippen molar-refractivity contribution in [3.63, 3.8) is 0 Å². The van der Waals surface area contributed by atoms with E-state index in [4.69, 9.17) is 0 Å². The fourth-order valence-electron chi connectivity index (χ4n) is 7.41. The van der Waals surface area contributed by atoms with Crippen LogP contribution in [-0.4, -0.2) is 53.4 Å². The first-order valence-electron chi connectivity index (χ1n) is 12.6. The predicted octanol–water partition coefficient (Wildman–Crippen LogP) is 5.35. The van der Waals surface area contributed by atoms with Gasteiger partial charge < -0.3 is 15.1 Å². The molecule has 3 aliphatic carbocycles. The standard InChI is InChI=1S/C27H41F2NO2/c1-17(15-30-12-10-21(16-30)26(28)29)22-8-9-23-20(5-4-11-27(22,23)3)7-6-19-13-24(31)18(2)25(32)14-19/h6-7,17,21-26,31-32H,2,4-5,8-16H2,1,3H3/b20-7+/t17?,21-,22+,23-,24+,25+,27+/m0/s1. The van der Waals surface area contributed by atoms with Gasteiger partial charge in [0.05, 0.1) is 12.2 Å². The second kappa shape index (κ2) is 9.68. The molecule has 1 heterocycles. The van der Waals surface area contributed by atoms with E-state index < -0.39 is 24.6 Å². The predicted molar refractivity (Wildman–Crippen MR) is 124 cm³/mol. The topological polar surface area (TPSA) is 43.7 Å². The van der Waals surface area contributed by atoms with Crippen molar-refractivity contribution < 1.29 is 19.0 Å². The fraction of sp³-hybridized carbons (Fsp3) is 0.778. The van der Waals surface area contributed by atoms with Gasteiger partial charge in [-0.2, -0.15) is 0 Å². The molecule has 0 spiro atoms. The number of aliphatic hydroxyl groups is 2. The van der Waals surface area contributed by atoms with Gasteiger partial charge in [-0.3, -0.25) is 0 Å². The van der Waals surface area contributed by atoms with Crippen LogP contribution in [0.3, 0.4) is 0 Å². The van der Waals surface area contributed by atoms with Gasteiger partial charge in [-0.15, -0.1) is 0 Å². The van der Waals surface area contributed by atoms with Crippen LogP contribution in [0.2, 0.25) is 0 Å². The minimum atomic E-state index is -2.19. The van der Waals surface area contributed by atoms with Crippen molar-refractivity contribution in [3.05, 3.63) is 35.5 Å². The second-order valence-corrected chi connectivity index (χ2v) is 11.3. The summed E-state index contributed by atoms with van der Waals surface area (Å²) in [5.74, 6) is 1.30. The van der Waals surface area contributed by atoms with Crippen molar-refractivity contribution >= 4 is 0 Å². The molecule has 0 aromatic rings. The molecule has 2 N–H and O–H groups in total. The highest BCUT2D eigenvalue weighted by molar-refractivity contribution is 5.29. The summed E-state index contributed by atoms with van der Waals surface area (Å²) in [4.78, 5) is 2.27. The van der Waals surface area contributed by atoms with Crippen molar-refractivity contribution in [2.45, 2.75) is 83.8 Å². The van der Waals surface area contributed by atoms with Crippen molar-refractivity contribution in [3.8, 4) is 0 Å². The van der Waals surface area contributed by atoms with E-state index in [-0.39, 0.29) is 5.41 Å². The molecule has 0 bridgehead atoms. The van der Waals surface area contributed by atoms with Crippen LogP contribution in [0.5, 0.6) is 0 Å². The fourth-order valence-corrected chi connectivity index (χ4v) is 7.41. The molecule has 0 amide bonds. The first-order chi connectivity index (χ1) is 15.2. The van der Waals surface area contributed by atoms with Crippen LogP contribution >= 0.6 is 0 Å². The van der Waals surface area contributed by atoms with Gasteiger partial charge in [-0.1, -0.05) is 43.7 Å². The Hall–Kier alpha value is -1.04. The monoisotopic (exact) mass is 449 g/mol. The third-order valence-electron chi connectivity index (χ3n) is 9.24. The number of allylic oxidation sites excluding steroid dienone is 3. The van der Waals surface area contributed by atoms with E-state index in [0.29, 0.717) is 49.1 Å². The van der Waals surface area contributed by atoms with E-state index in [1.165, 1.54) is 31.3 Å². The van der Waals surface area contributed by atoms with E-state index in [9.17, 15) is 19.0 Å². The minimum absolute atomic E-state index is 0.281. The Bertz CT molecular complexity index is 747. The summed E-state index contributed by atoms with van der Waals surface area (Å²) in [6.45, 7) is 10.9. The summed E-state index contributed by atoms with van der Waals surface area (Å²) in [7, 11) is 0. The molecule has 5 heteroatoms. The van der Waals surface area contributed by atoms with Crippen LogP contribution in [-0.2, 0) is 0 Å². The number of halogens is 2. The Morgan fingerprint density at radius 2 is 1.88 bits per heavy atom. The van der Waals surface area contributed by atoms with Gasteiger partial charge in [0.15, 0.2) is 0 Å². The molecule has 4 aliphatic rings. The molecule has 0 aromatic carbocycles. The quantitative estimate of drug-likeness (QED) is 0.556. The van der Waals surface area contributed by atoms with Crippen molar-refractivity contribution in [1.82, 2.24) is 4.90 Å². The number of likely N-dealkylation sites (tertiary alicyclic amines) is 1. The molecule has 180 valence electrons. The smallest absolute Gasteiger partial charge is 0.242 e. The van der Waals surface area contributed by atoms with Gasteiger partial charge in [0.25, 0.3) is 0 Å². The molecule has 1 aliphatic heterocycles. The Balaban J connectivity index is 1.42. The van der Waals surface area contributed by atoms with E-state index in [1.54, 1.807) is 0 Å². The van der Waals surface area contributed by atoms with Crippen molar-refractivity contribution in [1.29, 1.82) is 0 Å². The molecule has 32 heavy (non-hydrogen) atoms. The number of rotatable bonds is 5. The molecular weight excluding hydrogens is 408 g/mol. The first-order valence-corrected chi connectivity index (χ1v) is 12.6. The number of aliphatic hydroxyl groups excluding tert-OH is 2. The van der Waals surface area contributed by atoms with Gasteiger partial charge in [-0.05, 0) is 86.7 Å². The first kappa shape index (κ1) is 24.1. The van der Waals surface area contributed by atoms with Crippen LogP contribution in [0.1, 0.15) is 65.2 Å². The summed E-state index contributed by atoms with van der Waals surface area (Å²) in [5, 5.41) is 20.3. The number of hydrogen-bond donors (Lipinski definition) is 2. The van der Waals surface area contributed by atoms with E-state index in [0.717, 1.165) is 25.1 Å². The summed E-state index contributed by atoms with van der Waals surface area (Å²) >= 11 is 0. The number of alkyl halides is 2. The van der Waals surface area contributed by atoms with Gasteiger partial charge >= 0.3 is 0 Å². The van der Waals surface area contributed by atoms with Gasteiger partial charge in [0, 0.05) is 19.0 Å². The van der Waals surface area contributed by atoms with Gasteiger partial charge in [-0.25, -0.2) is 8.78 Å². The van der Waals surface area contributed by atoms with Crippen LogP contribution in [0, 0.1) is 29.1 Å². The second-order valence-electron chi connectivity index (χ2n) is 11.3. The molecular formula is C27H41F2NO2. The van der Waals surface area contributed by atoms with Crippen LogP contribution in [0.25, 0.3) is 0 Å². The van der Waals surface area contributed by atoms with Crippen LogP contribution in [0.4, 0.5) is 8.78 Å². The molecule has 0 aromatic heterocycles. The van der Waals surface area contributed by atoms with Gasteiger partial charge in [0.2, 0.25) is 6.43 Å². The molecule has 1 unspecified atom stereocenters. The average Bonchev–Trinajstić information content (AvgIpc) is 3.34. The number of hydrogen-bond acceptors (Lipinski definition) is 3. The summed E-state index contributed by atoms with van der Waals surface area (Å²) in [6, 6.07) is 0. The third-order valence-corrected chi connectivity index (χ3v) is 9.24. The summed E-state index contributed by atoms with van der Waals surface area (Å²) in [5.41, 5.74) is 3.44. The Morgan fingerprint density at radius 1 is 1.16 bits per heavy atom. The summed E-state index contributed by atoms with van der Waals surface area (Å²) in [6.07, 6.45) is 8.72. The third kappa shape index (κ3) is 4.76. The highest BCUT2D eigenvalue weighted by Crippen LogP contribution is 2.59. The van der Waals surface area contributed by atoms with Crippen molar-refractivity contribution in [2.24, 2.45) is 29.1 Å². The zero-order valence-electron chi connectivity index (χ0n) is 19.8. The van der Waals surface area contributed by atoms with Crippen molar-refractivity contribution in [2.75, 3.05) is 19.6 Å². The Morgan fingerprint density at radius 3 is 2.53 bits per heavy atom. The van der Waals surface area contributed by atoms with Gasteiger partial charge in [0.1, 0.15) is 0 Å². The molecule has 1 saturated heterocycles. The largest absolute Gasteiger partial charge is 0.388 e. The summed E-state index contributed by atoms with van der Waals surface area (Å²) < 4.78 is 26.2. The molecule has 4 fully saturated rings. The number of nitrogens with zero attached hydrogens (tertiary/aromatic N) is 1. The minimum Gasteiger partial charge on any atom is -0.388 e. The lowest BCUT2D eigenvalue weighted by atomic mass is 9.61. The highest BCUT2D eigenvalue weighted by atomic mass is 19.3. The molecule has 7 atom stereocenters. The maximum Gasteiger partial charge on any atom is 0.242 e. The molecule has 4 rings (SSSR count). The normalized spacial score (nSPS) is 40.8. The average molecular weight is 450 g/mol. The number of fused-ring (bicyclic) bond motifs is 1. The SMILES string of the molecule is C=C1[C@H](O)CC(=C/C=C2\CCC[C@]3(C)[C@@H](C(C)CN4CC[C@H](C(F)F)C4)CC[C@@H]23)C[C@H]1O. The Kier molecular flexibility index (Phi) is 7.29. The molecule has 3 saturated carbocycles. The molecule has 3 nitrogen and oxygen atoms in total. The lowest BCUT2D eigenvalue weighted by molar-refractivity contribution is 0.0672. The Labute approximate surface area is 192 Å². The highest BCUT2D eigenvalue weighted by Gasteiger charge is 2.51. The lowest BCUT2D eigenvalue weighted by Crippen LogP contribution is -2.39. The van der Waals surface area contributed by atoms with E-state index >= 15 is 0 Å². The zero-order valence-corrected chi connectivity index (χ0v) is 19.8. The maximum absolute atomic E-state index is 13.1. The lowest BCUT2D eigenvalue weighted by Gasteiger charge is -2.45. The van der Waals surface area contributed by atoms with E-state index in [2.05, 4.69) is 37.5 Å². The van der Waals surface area contributed by atoms with E-state index in [1.807, 2.05) is 0 Å².